The van der Waals surface area contributed by atoms with Crippen molar-refractivity contribution in [3.05, 3.63) is 172 Å². The molecule has 2 aliphatic heterocycles. The number of aromatic nitrogens is 2. The van der Waals surface area contributed by atoms with Crippen LogP contribution in [0, 0.1) is 6.92 Å². The molecule has 2 aromatic heterocycles. The fourth-order valence-electron chi connectivity index (χ4n) is 12.9. The molecule has 2 aliphatic rings. The second kappa shape index (κ2) is 14.1. The minimum absolute atomic E-state index is 0.00130. The Bertz CT molecular complexity index is 4160. The van der Waals surface area contributed by atoms with E-state index in [2.05, 4.69) is 246 Å². The molecule has 352 valence electrons. The van der Waals surface area contributed by atoms with Crippen LogP contribution in [-0.2, 0) is 27.1 Å². The maximum atomic E-state index is 2.75. The Morgan fingerprint density at radius 2 is 0.817 bits per heavy atom. The van der Waals surface area contributed by atoms with Crippen LogP contribution in [0.25, 0.3) is 87.3 Å². The molecular weight excluding hydrogens is 856 g/mol. The first-order valence-corrected chi connectivity index (χ1v) is 26.2. The van der Waals surface area contributed by atoms with E-state index in [4.69, 9.17) is 0 Å². The van der Waals surface area contributed by atoms with E-state index in [1.807, 2.05) is 0 Å². The number of aryl methyl sites for hydroxylation is 1. The fourth-order valence-corrected chi connectivity index (χ4v) is 12.9. The first-order valence-electron chi connectivity index (χ1n) is 26.2. The summed E-state index contributed by atoms with van der Waals surface area (Å²) in [5.41, 5.74) is 21.2. The molecule has 3 heteroatoms. The van der Waals surface area contributed by atoms with Crippen molar-refractivity contribution >= 4 is 99.0 Å². The lowest BCUT2D eigenvalue weighted by molar-refractivity contribution is 0.590. The van der Waals surface area contributed by atoms with Crippen molar-refractivity contribution in [2.45, 2.75) is 131 Å². The molecule has 0 unspecified atom stereocenters. The molecule has 0 spiro atoms. The van der Waals surface area contributed by atoms with Crippen LogP contribution in [-0.4, -0.2) is 15.8 Å². The Hall–Kier alpha value is -6.58. The molecule has 71 heavy (non-hydrogen) atoms. The summed E-state index contributed by atoms with van der Waals surface area (Å²) < 4.78 is 5.45. The van der Waals surface area contributed by atoms with Crippen molar-refractivity contribution in [1.82, 2.24) is 9.13 Å². The Morgan fingerprint density at radius 1 is 0.352 bits per heavy atom. The minimum atomic E-state index is -0.190. The molecule has 11 aromatic rings. The van der Waals surface area contributed by atoms with Crippen molar-refractivity contribution in [1.29, 1.82) is 0 Å². The molecule has 0 saturated heterocycles. The lowest BCUT2D eigenvalue weighted by Gasteiger charge is -2.36. The highest BCUT2D eigenvalue weighted by atomic mass is 15.0. The minimum Gasteiger partial charge on any atom is -0.310 e. The van der Waals surface area contributed by atoms with E-state index in [0.29, 0.717) is 0 Å². The van der Waals surface area contributed by atoms with Gasteiger partial charge in [-0.1, -0.05) is 187 Å². The molecule has 0 amide bonds. The highest BCUT2D eigenvalue weighted by Gasteiger charge is 2.44. The molecule has 2 nitrogen and oxygen atoms in total. The zero-order valence-electron chi connectivity index (χ0n) is 44.7. The summed E-state index contributed by atoms with van der Waals surface area (Å²) in [6, 6.07) is 53.4. The average molecular weight is 923 g/mol. The van der Waals surface area contributed by atoms with E-state index < -0.39 is 0 Å². The van der Waals surface area contributed by atoms with Crippen LogP contribution in [0.3, 0.4) is 0 Å². The monoisotopic (exact) mass is 923 g/mol. The lowest BCUT2D eigenvalue weighted by Crippen LogP contribution is -2.59. The summed E-state index contributed by atoms with van der Waals surface area (Å²) in [5.74, 6) is 0. The molecule has 0 radical (unpaired) electrons. The van der Waals surface area contributed by atoms with Crippen molar-refractivity contribution in [3.8, 4) is 11.4 Å². The molecule has 4 heterocycles. The maximum Gasteiger partial charge on any atom is 0.252 e. The summed E-state index contributed by atoms with van der Waals surface area (Å²) in [5, 5.41) is 13.3. The summed E-state index contributed by atoms with van der Waals surface area (Å²) in [4.78, 5) is 0. The Kier molecular flexibility index (Phi) is 8.81. The molecule has 0 bridgehead atoms. The maximum absolute atomic E-state index is 2.75. The van der Waals surface area contributed by atoms with Crippen LogP contribution >= 0.6 is 0 Å². The molecule has 0 saturated carbocycles. The number of fused-ring (bicyclic) bond motifs is 17. The molecule has 13 rings (SSSR count). The van der Waals surface area contributed by atoms with Gasteiger partial charge in [0.05, 0.1) is 16.7 Å². The van der Waals surface area contributed by atoms with Crippen LogP contribution in [0.15, 0.2) is 133 Å². The first-order chi connectivity index (χ1) is 33.4. The van der Waals surface area contributed by atoms with Gasteiger partial charge in [0.25, 0.3) is 6.71 Å². The smallest absolute Gasteiger partial charge is 0.252 e. The topological polar surface area (TPSA) is 9.86 Å². The van der Waals surface area contributed by atoms with Gasteiger partial charge in [0.2, 0.25) is 0 Å². The second-order valence-electron chi connectivity index (χ2n) is 26.4. The Balaban J connectivity index is 1.30. The van der Waals surface area contributed by atoms with Crippen LogP contribution in [0.2, 0.25) is 0 Å². The molecule has 0 aliphatic carbocycles. The normalized spacial score (nSPS) is 14.1. The van der Waals surface area contributed by atoms with E-state index in [9.17, 15) is 0 Å². The largest absolute Gasteiger partial charge is 0.310 e. The number of hydrogen-bond acceptors (Lipinski definition) is 0. The molecule has 0 N–H and O–H groups in total. The van der Waals surface area contributed by atoms with E-state index in [1.165, 1.54) is 143 Å². The number of nitrogens with zero attached hydrogens (tertiary/aromatic N) is 2. The summed E-state index contributed by atoms with van der Waals surface area (Å²) in [6.45, 7) is 35.5. The van der Waals surface area contributed by atoms with Gasteiger partial charge in [0.15, 0.2) is 0 Å². The third-order valence-corrected chi connectivity index (χ3v) is 17.2. The van der Waals surface area contributed by atoms with Gasteiger partial charge in [-0.2, -0.15) is 0 Å². The third kappa shape index (κ3) is 6.14. The Labute approximate surface area is 420 Å². The SMILES string of the molecule is Cc1ccc2c3cc(C(C)(C)c4ccccc4)ccc3c3cc4c5c(c3c2c1)-n1c2ccc(C(C)(C)C)cc2c2cc(C(C)(C)C)cc(c21)B5c1cc(C(C)(C)C)cc2c3cc(C(C)(C)C)ccc3n-4c12. The zero-order valence-corrected chi connectivity index (χ0v) is 44.7. The van der Waals surface area contributed by atoms with Crippen LogP contribution in [0.5, 0.6) is 0 Å². The molecule has 0 atom stereocenters. The first kappa shape index (κ1) is 44.4. The van der Waals surface area contributed by atoms with Crippen LogP contribution in [0.4, 0.5) is 0 Å². The molecular formula is C68H67BN2. The van der Waals surface area contributed by atoms with Gasteiger partial charge in [0.1, 0.15) is 0 Å². The van der Waals surface area contributed by atoms with E-state index in [-0.39, 0.29) is 33.8 Å². The van der Waals surface area contributed by atoms with Gasteiger partial charge >= 0.3 is 0 Å². The van der Waals surface area contributed by atoms with E-state index in [1.54, 1.807) is 0 Å². The number of rotatable bonds is 2. The van der Waals surface area contributed by atoms with Crippen molar-refractivity contribution in [3.63, 3.8) is 0 Å². The van der Waals surface area contributed by atoms with Gasteiger partial charge < -0.3 is 9.13 Å². The summed E-state index contributed by atoms with van der Waals surface area (Å²) in [6.07, 6.45) is 0. The average Bonchev–Trinajstić information content (AvgIpc) is 3.83. The predicted molar refractivity (Wildman–Crippen MR) is 310 cm³/mol. The van der Waals surface area contributed by atoms with Gasteiger partial charge in [-0.25, -0.2) is 0 Å². The standard InChI is InChI=1S/C68H67BN2/c1-38-21-25-45-47-32-42(68(14,15)39-19-17-16-18-20-39)22-26-46(47)51-37-58-60-63(59(51)50(45)29-38)71-57-28-24-41(65(5,6)7)31-49(57)53-34-44(67(11,12)13)36-55(62(53)71)69(60)54-35-43(66(8,9)10)33-52-48-30-40(64(2,3)4)23-27-56(48)70(58)61(52)54/h16-37H,1-15H3. The van der Waals surface area contributed by atoms with Gasteiger partial charge in [-0.3, -0.25) is 0 Å². The highest BCUT2D eigenvalue weighted by Crippen LogP contribution is 2.48. The number of benzene rings is 9. The van der Waals surface area contributed by atoms with Crippen molar-refractivity contribution < 1.29 is 0 Å². The highest BCUT2D eigenvalue weighted by molar-refractivity contribution is 7.00. The van der Waals surface area contributed by atoms with E-state index >= 15 is 0 Å². The predicted octanol–water partition coefficient (Wildman–Crippen LogP) is 16.3. The number of hydrogen-bond donors (Lipinski definition) is 0. The lowest BCUT2D eigenvalue weighted by atomic mass is 9.33. The Morgan fingerprint density at radius 3 is 1.37 bits per heavy atom. The van der Waals surface area contributed by atoms with Crippen molar-refractivity contribution in [2.75, 3.05) is 0 Å². The van der Waals surface area contributed by atoms with Gasteiger partial charge in [0, 0.05) is 49.1 Å². The molecule has 0 fully saturated rings. The zero-order chi connectivity index (χ0) is 49.8. The summed E-state index contributed by atoms with van der Waals surface area (Å²) >= 11 is 0. The summed E-state index contributed by atoms with van der Waals surface area (Å²) in [7, 11) is 0. The van der Waals surface area contributed by atoms with Crippen LogP contribution < -0.4 is 16.4 Å². The van der Waals surface area contributed by atoms with E-state index in [0.717, 1.165) is 0 Å². The van der Waals surface area contributed by atoms with Crippen molar-refractivity contribution in [2.24, 2.45) is 0 Å². The fraction of sp³-hybridized carbons (Fsp3) is 0.294. The van der Waals surface area contributed by atoms with Gasteiger partial charge in [-0.05, 0) is 154 Å². The quantitative estimate of drug-likeness (QED) is 0.121. The second-order valence-corrected chi connectivity index (χ2v) is 26.4. The molecule has 9 aromatic carbocycles. The van der Waals surface area contributed by atoms with Gasteiger partial charge in [-0.15, -0.1) is 0 Å². The third-order valence-electron chi connectivity index (χ3n) is 17.2. The van der Waals surface area contributed by atoms with Crippen LogP contribution in [0.1, 0.15) is 136 Å².